The van der Waals surface area contributed by atoms with Crippen molar-refractivity contribution in [3.63, 3.8) is 0 Å². The number of nitrogens with zero attached hydrogens (tertiary/aromatic N) is 3. The first-order chi connectivity index (χ1) is 16.4. The fourth-order valence-corrected chi connectivity index (χ4v) is 4.15. The van der Waals surface area contributed by atoms with Crippen molar-refractivity contribution < 1.29 is 18.8 Å². The number of piperidine rings is 1. The lowest BCUT2D eigenvalue weighted by atomic mass is 9.96. The van der Waals surface area contributed by atoms with Gasteiger partial charge in [0.15, 0.2) is 0 Å². The number of hydrogen-bond acceptors (Lipinski definition) is 7. The van der Waals surface area contributed by atoms with E-state index in [1.54, 1.807) is 25.1 Å². The average molecular weight is 483 g/mol. The fraction of sp³-hybridized carbons (Fsp3) is 0.360. The van der Waals surface area contributed by atoms with Gasteiger partial charge in [0.1, 0.15) is 0 Å². The van der Waals surface area contributed by atoms with E-state index in [4.69, 9.17) is 20.9 Å². The molecule has 2 aromatic carbocycles. The highest BCUT2D eigenvalue weighted by atomic mass is 35.5. The highest BCUT2D eigenvalue weighted by Crippen LogP contribution is 2.25. The van der Waals surface area contributed by atoms with Gasteiger partial charge in [-0.2, -0.15) is 4.98 Å². The second-order valence-electron chi connectivity index (χ2n) is 8.33. The van der Waals surface area contributed by atoms with Crippen LogP contribution < -0.4 is 5.32 Å². The second kappa shape index (κ2) is 10.8. The number of anilines is 1. The van der Waals surface area contributed by atoms with Gasteiger partial charge in [0.2, 0.25) is 17.6 Å². The first-order valence-corrected chi connectivity index (χ1v) is 11.7. The minimum absolute atomic E-state index is 0.0564. The van der Waals surface area contributed by atoms with Crippen LogP contribution in [0.1, 0.15) is 41.6 Å². The van der Waals surface area contributed by atoms with Gasteiger partial charge in [-0.1, -0.05) is 46.6 Å². The number of amides is 1. The third-order valence-corrected chi connectivity index (χ3v) is 6.14. The molecule has 4 rings (SSSR count). The zero-order chi connectivity index (χ0) is 24.1. The van der Waals surface area contributed by atoms with Gasteiger partial charge in [0, 0.05) is 17.2 Å². The lowest BCUT2D eigenvalue weighted by Gasteiger charge is -2.30. The van der Waals surface area contributed by atoms with Gasteiger partial charge in [0.25, 0.3) is 0 Å². The third-order valence-electron chi connectivity index (χ3n) is 5.83. The summed E-state index contributed by atoms with van der Waals surface area (Å²) in [5, 5.41) is 7.24. The molecule has 3 aromatic rings. The van der Waals surface area contributed by atoms with Crippen molar-refractivity contribution in [2.75, 3.05) is 25.0 Å². The first-order valence-electron chi connectivity index (χ1n) is 11.3. The van der Waals surface area contributed by atoms with Crippen molar-refractivity contribution in [1.29, 1.82) is 0 Å². The normalized spacial score (nSPS) is 14.7. The summed E-state index contributed by atoms with van der Waals surface area (Å²) in [4.78, 5) is 31.3. The predicted octanol–water partition coefficient (Wildman–Crippen LogP) is 4.73. The minimum atomic E-state index is -0.481. The van der Waals surface area contributed by atoms with Gasteiger partial charge in [-0.15, -0.1) is 0 Å². The lowest BCUT2D eigenvalue weighted by molar-refractivity contribution is -0.121. The summed E-state index contributed by atoms with van der Waals surface area (Å²) in [5.41, 5.74) is 2.93. The van der Waals surface area contributed by atoms with E-state index < -0.39 is 5.97 Å². The number of likely N-dealkylation sites (tertiary alicyclic amines) is 1. The number of carbonyl (C=O) groups is 2. The van der Waals surface area contributed by atoms with Gasteiger partial charge in [-0.3, -0.25) is 9.69 Å². The van der Waals surface area contributed by atoms with Gasteiger partial charge < -0.3 is 14.6 Å². The Morgan fingerprint density at radius 2 is 1.91 bits per heavy atom. The van der Waals surface area contributed by atoms with Crippen LogP contribution in [-0.4, -0.2) is 46.6 Å². The van der Waals surface area contributed by atoms with E-state index in [1.165, 1.54) is 5.56 Å². The van der Waals surface area contributed by atoms with Crippen LogP contribution in [0.4, 0.5) is 5.69 Å². The average Bonchev–Trinajstić information content (AvgIpc) is 3.28. The molecule has 0 atom stereocenters. The van der Waals surface area contributed by atoms with E-state index in [0.717, 1.165) is 31.5 Å². The Kier molecular flexibility index (Phi) is 7.59. The smallest absolute Gasteiger partial charge is 0.339 e. The van der Waals surface area contributed by atoms with Crippen LogP contribution >= 0.6 is 11.6 Å². The zero-order valence-corrected chi connectivity index (χ0v) is 20.0. The van der Waals surface area contributed by atoms with Crippen LogP contribution in [0.5, 0.6) is 0 Å². The summed E-state index contributed by atoms with van der Waals surface area (Å²) in [6, 6.07) is 12.8. The molecule has 0 spiro atoms. The molecule has 1 N–H and O–H groups in total. The zero-order valence-electron chi connectivity index (χ0n) is 19.2. The molecule has 1 aliphatic heterocycles. The molecule has 9 heteroatoms. The number of halogens is 1. The van der Waals surface area contributed by atoms with E-state index in [2.05, 4.69) is 20.4 Å². The summed E-state index contributed by atoms with van der Waals surface area (Å²) in [6.45, 7) is 6.10. The molecule has 0 aliphatic carbocycles. The Bertz CT molecular complexity index is 1150. The Morgan fingerprint density at radius 1 is 1.18 bits per heavy atom. The van der Waals surface area contributed by atoms with Crippen LogP contribution in [0.3, 0.4) is 0 Å². The molecular formula is C25H27ClN4O4. The molecule has 8 nitrogen and oxygen atoms in total. The Balaban J connectivity index is 1.27. The molecular weight excluding hydrogens is 456 g/mol. The van der Waals surface area contributed by atoms with E-state index in [9.17, 15) is 9.59 Å². The van der Waals surface area contributed by atoms with E-state index in [0.29, 0.717) is 23.9 Å². The van der Waals surface area contributed by atoms with Gasteiger partial charge in [0.05, 0.1) is 23.7 Å². The number of rotatable bonds is 7. The number of ether oxygens (including phenoxy) is 1. The minimum Gasteiger partial charge on any atom is -0.462 e. The van der Waals surface area contributed by atoms with Crippen molar-refractivity contribution >= 4 is 29.2 Å². The largest absolute Gasteiger partial charge is 0.462 e. The maximum absolute atomic E-state index is 12.7. The summed E-state index contributed by atoms with van der Waals surface area (Å²) in [7, 11) is 0. The lowest BCUT2D eigenvalue weighted by Crippen LogP contribution is -2.37. The van der Waals surface area contributed by atoms with Crippen molar-refractivity contribution in [2.24, 2.45) is 5.92 Å². The number of aromatic nitrogens is 2. The Morgan fingerprint density at radius 3 is 2.59 bits per heavy atom. The molecule has 178 valence electrons. The standard InChI is InChI=1S/C25H27ClN4O4/c1-3-33-25(32)20-9-8-19(14-21(20)26)27-24(31)18-10-12-30(13-11-18)15-22-28-23(29-34-22)17-6-4-16(2)5-7-17/h4-9,14,18H,3,10-13,15H2,1-2H3,(H,27,31). The van der Waals surface area contributed by atoms with Crippen molar-refractivity contribution in [3.8, 4) is 11.4 Å². The van der Waals surface area contributed by atoms with Crippen LogP contribution in [-0.2, 0) is 16.1 Å². The molecule has 1 amide bonds. The number of benzene rings is 2. The number of carbonyl (C=O) groups excluding carboxylic acids is 2. The van der Waals surface area contributed by atoms with Crippen LogP contribution in [0.2, 0.25) is 5.02 Å². The Hall–Kier alpha value is -3.23. The van der Waals surface area contributed by atoms with Crippen molar-refractivity contribution in [2.45, 2.75) is 33.2 Å². The SMILES string of the molecule is CCOC(=O)c1ccc(NC(=O)C2CCN(Cc3nc(-c4ccc(C)cc4)no3)CC2)cc1Cl. The maximum Gasteiger partial charge on any atom is 0.339 e. The molecule has 34 heavy (non-hydrogen) atoms. The van der Waals surface area contributed by atoms with E-state index in [1.807, 2.05) is 31.2 Å². The van der Waals surface area contributed by atoms with Crippen LogP contribution in [0.25, 0.3) is 11.4 Å². The van der Waals surface area contributed by atoms with Crippen LogP contribution in [0.15, 0.2) is 47.0 Å². The molecule has 0 radical (unpaired) electrons. The number of nitrogens with one attached hydrogen (secondary N) is 1. The number of hydrogen-bond donors (Lipinski definition) is 1. The fourth-order valence-electron chi connectivity index (χ4n) is 3.90. The van der Waals surface area contributed by atoms with E-state index >= 15 is 0 Å². The molecule has 1 aromatic heterocycles. The molecule has 0 bridgehead atoms. The first kappa shape index (κ1) is 23.9. The highest BCUT2D eigenvalue weighted by molar-refractivity contribution is 6.34. The molecule has 2 heterocycles. The Labute approximate surface area is 203 Å². The predicted molar refractivity (Wildman–Crippen MR) is 129 cm³/mol. The van der Waals surface area contributed by atoms with Crippen molar-refractivity contribution in [1.82, 2.24) is 15.0 Å². The monoisotopic (exact) mass is 482 g/mol. The van der Waals surface area contributed by atoms with Gasteiger partial charge >= 0.3 is 5.97 Å². The topological polar surface area (TPSA) is 97.6 Å². The maximum atomic E-state index is 12.7. The van der Waals surface area contributed by atoms with Crippen LogP contribution in [0, 0.1) is 12.8 Å². The summed E-state index contributed by atoms with van der Waals surface area (Å²) in [6.07, 6.45) is 1.44. The molecule has 0 unspecified atom stereocenters. The molecule has 0 saturated carbocycles. The van der Waals surface area contributed by atoms with Crippen molar-refractivity contribution in [3.05, 3.63) is 64.5 Å². The molecule has 1 aliphatic rings. The molecule has 1 saturated heterocycles. The van der Waals surface area contributed by atoms with Gasteiger partial charge in [-0.25, -0.2) is 4.79 Å². The highest BCUT2D eigenvalue weighted by Gasteiger charge is 2.26. The summed E-state index contributed by atoms with van der Waals surface area (Å²) in [5.74, 6) is 0.501. The summed E-state index contributed by atoms with van der Waals surface area (Å²) >= 11 is 6.19. The van der Waals surface area contributed by atoms with Gasteiger partial charge in [-0.05, 0) is 58.0 Å². The quantitative estimate of drug-likeness (QED) is 0.486. The number of esters is 1. The number of aryl methyl sites for hydroxylation is 1. The van der Waals surface area contributed by atoms with E-state index in [-0.39, 0.29) is 29.0 Å². The second-order valence-corrected chi connectivity index (χ2v) is 8.74. The third kappa shape index (κ3) is 5.81. The summed E-state index contributed by atoms with van der Waals surface area (Å²) < 4.78 is 10.4. The molecule has 1 fully saturated rings.